The second-order valence-corrected chi connectivity index (χ2v) is 7.51. The van der Waals surface area contributed by atoms with Gasteiger partial charge < -0.3 is 14.8 Å². The van der Waals surface area contributed by atoms with E-state index >= 15 is 0 Å². The third-order valence-electron chi connectivity index (χ3n) is 3.65. The van der Waals surface area contributed by atoms with Gasteiger partial charge in [0.25, 0.3) is 5.91 Å². The fourth-order valence-corrected chi connectivity index (χ4v) is 3.38. The van der Waals surface area contributed by atoms with E-state index in [9.17, 15) is 4.79 Å². The Morgan fingerprint density at radius 1 is 1.08 bits per heavy atom. The number of amides is 1. The zero-order valence-corrected chi connectivity index (χ0v) is 16.0. The van der Waals surface area contributed by atoms with Crippen molar-refractivity contribution in [2.75, 3.05) is 13.2 Å². The van der Waals surface area contributed by atoms with Crippen LogP contribution in [0.15, 0.2) is 53.4 Å². The van der Waals surface area contributed by atoms with Crippen LogP contribution in [0.25, 0.3) is 6.08 Å². The minimum absolute atomic E-state index is 0.153. The van der Waals surface area contributed by atoms with Crippen LogP contribution < -0.4 is 14.8 Å². The van der Waals surface area contributed by atoms with Crippen LogP contribution in [0.5, 0.6) is 11.5 Å². The molecule has 0 aromatic heterocycles. The van der Waals surface area contributed by atoms with Gasteiger partial charge in [-0.3, -0.25) is 4.79 Å². The van der Waals surface area contributed by atoms with Gasteiger partial charge in [-0.25, -0.2) is 0 Å². The topological polar surface area (TPSA) is 47.6 Å². The Hall–Kier alpha value is -2.31. The first-order chi connectivity index (χ1) is 12.6. The van der Waals surface area contributed by atoms with E-state index < -0.39 is 0 Å². The predicted octanol–water partition coefficient (Wildman–Crippen LogP) is 4.33. The highest BCUT2D eigenvalue weighted by molar-refractivity contribution is 8.26. The van der Waals surface area contributed by atoms with E-state index in [0.29, 0.717) is 22.4 Å². The quantitative estimate of drug-likeness (QED) is 0.437. The highest BCUT2D eigenvalue weighted by Gasteiger charge is 2.21. The van der Waals surface area contributed by atoms with Crippen molar-refractivity contribution in [2.24, 2.45) is 0 Å². The van der Waals surface area contributed by atoms with Crippen molar-refractivity contribution >= 4 is 40.3 Å². The molecular weight excluding hydrogens is 366 g/mol. The third-order valence-corrected chi connectivity index (χ3v) is 4.81. The molecular formula is C20H19NO3S2. The molecule has 3 rings (SSSR count). The number of thioether (sulfide) groups is 1. The number of thiocarbonyl (C=S) groups is 1. The van der Waals surface area contributed by atoms with Gasteiger partial charge >= 0.3 is 0 Å². The van der Waals surface area contributed by atoms with Crippen molar-refractivity contribution < 1.29 is 14.3 Å². The Labute approximate surface area is 162 Å². The van der Waals surface area contributed by atoms with E-state index in [-0.39, 0.29) is 5.91 Å². The fourth-order valence-electron chi connectivity index (χ4n) is 2.34. The SMILES string of the molecule is Cc1ccc(OCCCOc2cccc(C=C3SC(=S)NC3=O)c2)cc1. The first-order valence-electron chi connectivity index (χ1n) is 8.27. The van der Waals surface area contributed by atoms with Crippen molar-refractivity contribution in [1.82, 2.24) is 5.32 Å². The summed E-state index contributed by atoms with van der Waals surface area (Å²) in [6.07, 6.45) is 2.60. The van der Waals surface area contributed by atoms with Gasteiger partial charge in [-0.1, -0.05) is 53.8 Å². The lowest BCUT2D eigenvalue weighted by Gasteiger charge is -2.09. The summed E-state index contributed by atoms with van der Waals surface area (Å²) in [5, 5.41) is 2.61. The van der Waals surface area contributed by atoms with E-state index in [1.54, 1.807) is 0 Å². The van der Waals surface area contributed by atoms with Crippen LogP contribution in [0.2, 0.25) is 0 Å². The molecule has 4 nitrogen and oxygen atoms in total. The largest absolute Gasteiger partial charge is 0.493 e. The molecule has 1 saturated heterocycles. The predicted molar refractivity (Wildman–Crippen MR) is 110 cm³/mol. The van der Waals surface area contributed by atoms with Crippen LogP contribution >= 0.6 is 24.0 Å². The van der Waals surface area contributed by atoms with Gasteiger partial charge in [0, 0.05) is 6.42 Å². The van der Waals surface area contributed by atoms with E-state index in [1.807, 2.05) is 61.5 Å². The molecule has 0 radical (unpaired) electrons. The van der Waals surface area contributed by atoms with Crippen molar-refractivity contribution in [3.63, 3.8) is 0 Å². The molecule has 0 unspecified atom stereocenters. The number of carbonyl (C=O) groups is 1. The third kappa shape index (κ3) is 5.34. The maximum absolute atomic E-state index is 11.7. The summed E-state index contributed by atoms with van der Waals surface area (Å²) in [7, 11) is 0. The summed E-state index contributed by atoms with van der Waals surface area (Å²) in [6, 6.07) is 15.6. The monoisotopic (exact) mass is 385 g/mol. The molecule has 134 valence electrons. The van der Waals surface area contributed by atoms with Gasteiger partial charge in [0.15, 0.2) is 0 Å². The molecule has 1 fully saturated rings. The number of ether oxygens (including phenoxy) is 2. The number of hydrogen-bond acceptors (Lipinski definition) is 5. The second-order valence-electron chi connectivity index (χ2n) is 5.79. The number of hydrogen-bond donors (Lipinski definition) is 1. The number of nitrogens with one attached hydrogen (secondary N) is 1. The Balaban J connectivity index is 1.47. The van der Waals surface area contributed by atoms with E-state index in [2.05, 4.69) is 5.32 Å². The standard InChI is InChI=1S/C20H19NO3S2/c1-14-6-8-16(9-7-14)23-10-3-11-24-17-5-2-4-15(12-17)13-18-19(22)21-20(25)26-18/h2,4-9,12-13H,3,10-11H2,1H3,(H,21,22,25). The van der Waals surface area contributed by atoms with Crippen molar-refractivity contribution in [1.29, 1.82) is 0 Å². The smallest absolute Gasteiger partial charge is 0.263 e. The number of aryl methyl sites for hydroxylation is 1. The molecule has 0 saturated carbocycles. The first kappa shape index (κ1) is 18.5. The minimum Gasteiger partial charge on any atom is -0.493 e. The molecule has 0 aliphatic carbocycles. The van der Waals surface area contributed by atoms with Crippen LogP contribution in [0.4, 0.5) is 0 Å². The highest BCUT2D eigenvalue weighted by Crippen LogP contribution is 2.26. The zero-order valence-electron chi connectivity index (χ0n) is 14.4. The summed E-state index contributed by atoms with van der Waals surface area (Å²) in [4.78, 5) is 12.3. The lowest BCUT2D eigenvalue weighted by Crippen LogP contribution is -2.17. The molecule has 2 aromatic carbocycles. The van der Waals surface area contributed by atoms with Gasteiger partial charge in [0.2, 0.25) is 0 Å². The van der Waals surface area contributed by atoms with Gasteiger partial charge in [-0.2, -0.15) is 0 Å². The van der Waals surface area contributed by atoms with E-state index in [4.69, 9.17) is 21.7 Å². The lowest BCUT2D eigenvalue weighted by atomic mass is 10.2. The average Bonchev–Trinajstić information content (AvgIpc) is 2.94. The Bertz CT molecular complexity index is 831. The van der Waals surface area contributed by atoms with Crippen LogP contribution in [0, 0.1) is 6.92 Å². The Morgan fingerprint density at radius 2 is 1.81 bits per heavy atom. The second kappa shape index (κ2) is 8.87. The molecule has 1 aliphatic heterocycles. The summed E-state index contributed by atoms with van der Waals surface area (Å²) in [5.41, 5.74) is 2.12. The van der Waals surface area contributed by atoms with Crippen molar-refractivity contribution in [3.05, 3.63) is 64.6 Å². The summed E-state index contributed by atoms with van der Waals surface area (Å²) >= 11 is 6.26. The molecule has 0 spiro atoms. The molecule has 1 amide bonds. The molecule has 26 heavy (non-hydrogen) atoms. The van der Waals surface area contributed by atoms with Crippen molar-refractivity contribution in [3.8, 4) is 11.5 Å². The van der Waals surface area contributed by atoms with Crippen molar-refractivity contribution in [2.45, 2.75) is 13.3 Å². The highest BCUT2D eigenvalue weighted by atomic mass is 32.2. The molecule has 2 aromatic rings. The number of rotatable bonds is 7. The van der Waals surface area contributed by atoms with Crippen LogP contribution in [0.1, 0.15) is 17.5 Å². The maximum atomic E-state index is 11.7. The number of carbonyl (C=O) groups excluding carboxylic acids is 1. The Kier molecular flexibility index (Phi) is 6.30. The lowest BCUT2D eigenvalue weighted by molar-refractivity contribution is -0.115. The van der Waals surface area contributed by atoms with Gasteiger partial charge in [-0.15, -0.1) is 0 Å². The molecule has 1 aliphatic rings. The van der Waals surface area contributed by atoms with Gasteiger partial charge in [0.1, 0.15) is 15.8 Å². The summed E-state index contributed by atoms with van der Waals surface area (Å²) < 4.78 is 11.9. The average molecular weight is 386 g/mol. The summed E-state index contributed by atoms with van der Waals surface area (Å²) in [5.74, 6) is 1.48. The first-order valence-corrected chi connectivity index (χ1v) is 9.50. The van der Waals surface area contributed by atoms with E-state index in [0.717, 1.165) is 23.5 Å². The normalized spacial score (nSPS) is 15.2. The molecule has 0 bridgehead atoms. The maximum Gasteiger partial charge on any atom is 0.263 e. The number of benzene rings is 2. The fraction of sp³-hybridized carbons (Fsp3) is 0.200. The van der Waals surface area contributed by atoms with Crippen LogP contribution in [-0.4, -0.2) is 23.4 Å². The minimum atomic E-state index is -0.153. The van der Waals surface area contributed by atoms with Gasteiger partial charge in [-0.05, 0) is 42.8 Å². The zero-order chi connectivity index (χ0) is 18.4. The molecule has 1 N–H and O–H groups in total. The Morgan fingerprint density at radius 3 is 2.50 bits per heavy atom. The molecule has 1 heterocycles. The molecule has 0 atom stereocenters. The summed E-state index contributed by atoms with van der Waals surface area (Å²) in [6.45, 7) is 3.21. The van der Waals surface area contributed by atoms with Gasteiger partial charge in [0.05, 0.1) is 18.1 Å². The molecule has 6 heteroatoms. The van der Waals surface area contributed by atoms with E-state index in [1.165, 1.54) is 17.3 Å². The van der Waals surface area contributed by atoms with Crippen LogP contribution in [-0.2, 0) is 4.79 Å². The van der Waals surface area contributed by atoms with Crippen LogP contribution in [0.3, 0.4) is 0 Å².